The van der Waals surface area contributed by atoms with Crippen LogP contribution in [0, 0.1) is 11.8 Å². The molecule has 3 aromatic rings. The lowest BCUT2D eigenvalue weighted by molar-refractivity contribution is 0.0782. The number of rotatable bonds is 4. The molecule has 2 aliphatic heterocycles. The standard InChI is InChI=1S/C21H21N5O4/c1-29-17-4-2-16(3-5-17)22-20(27)19-24-23-18-8-14-9-25(10-15(14)11-26(18)19)21(28)13-6-7-30-12-13/h2-7,12,14-15H,8-11H2,1H3,(H,22,27)/t14-,15-/m1/s1. The van der Waals surface area contributed by atoms with E-state index in [1.54, 1.807) is 37.4 Å². The number of likely N-dealkylation sites (tertiary alicyclic amines) is 1. The van der Waals surface area contributed by atoms with Crippen LogP contribution in [0.5, 0.6) is 5.75 Å². The smallest absolute Gasteiger partial charge is 0.293 e. The minimum Gasteiger partial charge on any atom is -0.497 e. The fourth-order valence-electron chi connectivity index (χ4n) is 4.29. The molecule has 154 valence electrons. The van der Waals surface area contributed by atoms with E-state index in [-0.39, 0.29) is 17.7 Å². The van der Waals surface area contributed by atoms with E-state index >= 15 is 0 Å². The van der Waals surface area contributed by atoms with Gasteiger partial charge in [-0.25, -0.2) is 0 Å². The third kappa shape index (κ3) is 3.22. The number of carbonyl (C=O) groups is 2. The molecule has 4 heterocycles. The molecule has 5 rings (SSSR count). The molecule has 2 aromatic heterocycles. The summed E-state index contributed by atoms with van der Waals surface area (Å²) in [7, 11) is 1.59. The van der Waals surface area contributed by atoms with Crippen molar-refractivity contribution in [3.8, 4) is 5.75 Å². The lowest BCUT2D eigenvalue weighted by Gasteiger charge is -2.25. The van der Waals surface area contributed by atoms with E-state index in [1.165, 1.54) is 12.5 Å². The number of carbonyl (C=O) groups excluding carboxylic acids is 2. The number of hydrogen-bond acceptors (Lipinski definition) is 6. The van der Waals surface area contributed by atoms with Crippen LogP contribution in [-0.2, 0) is 13.0 Å². The number of ether oxygens (including phenoxy) is 1. The van der Waals surface area contributed by atoms with E-state index in [9.17, 15) is 9.59 Å². The number of aromatic nitrogens is 3. The molecule has 0 radical (unpaired) electrons. The minimum absolute atomic E-state index is 0.0219. The van der Waals surface area contributed by atoms with Crippen molar-refractivity contribution in [3.05, 3.63) is 60.1 Å². The second-order valence-electron chi connectivity index (χ2n) is 7.68. The molecule has 0 spiro atoms. The Morgan fingerprint density at radius 3 is 2.63 bits per heavy atom. The van der Waals surface area contributed by atoms with Gasteiger partial charge in [0.05, 0.1) is 18.9 Å². The van der Waals surface area contributed by atoms with Crippen molar-refractivity contribution in [2.45, 2.75) is 13.0 Å². The maximum absolute atomic E-state index is 12.8. The Kier molecular flexibility index (Phi) is 4.50. The lowest BCUT2D eigenvalue weighted by Crippen LogP contribution is -2.31. The van der Waals surface area contributed by atoms with Gasteiger partial charge >= 0.3 is 0 Å². The van der Waals surface area contributed by atoms with E-state index < -0.39 is 0 Å². The van der Waals surface area contributed by atoms with Crippen molar-refractivity contribution in [1.82, 2.24) is 19.7 Å². The van der Waals surface area contributed by atoms with E-state index in [0.29, 0.717) is 49.0 Å². The lowest BCUT2D eigenvalue weighted by atomic mass is 9.89. The molecule has 0 bridgehead atoms. The van der Waals surface area contributed by atoms with Gasteiger partial charge in [0.2, 0.25) is 5.82 Å². The maximum Gasteiger partial charge on any atom is 0.293 e. The molecule has 9 nitrogen and oxygen atoms in total. The van der Waals surface area contributed by atoms with E-state index in [1.807, 2.05) is 9.47 Å². The molecule has 0 saturated carbocycles. The summed E-state index contributed by atoms with van der Waals surface area (Å²) in [6, 6.07) is 8.79. The van der Waals surface area contributed by atoms with E-state index in [4.69, 9.17) is 9.15 Å². The van der Waals surface area contributed by atoms with Crippen molar-refractivity contribution in [3.63, 3.8) is 0 Å². The summed E-state index contributed by atoms with van der Waals surface area (Å²) in [6.45, 7) is 1.94. The highest BCUT2D eigenvalue weighted by Gasteiger charge is 2.41. The highest BCUT2D eigenvalue weighted by molar-refractivity contribution is 6.01. The van der Waals surface area contributed by atoms with Gasteiger partial charge < -0.3 is 23.9 Å². The van der Waals surface area contributed by atoms with Gasteiger partial charge in [0.15, 0.2) is 0 Å². The zero-order chi connectivity index (χ0) is 20.7. The van der Waals surface area contributed by atoms with Gasteiger partial charge in [-0.05, 0) is 42.2 Å². The Hall–Kier alpha value is -3.62. The van der Waals surface area contributed by atoms with Gasteiger partial charge in [0.25, 0.3) is 11.8 Å². The first kappa shape index (κ1) is 18.4. The van der Waals surface area contributed by atoms with Gasteiger partial charge in [-0.15, -0.1) is 10.2 Å². The van der Waals surface area contributed by atoms with E-state index in [2.05, 4.69) is 15.5 Å². The minimum atomic E-state index is -0.304. The van der Waals surface area contributed by atoms with Crippen LogP contribution in [0.3, 0.4) is 0 Å². The summed E-state index contributed by atoms with van der Waals surface area (Å²) in [4.78, 5) is 27.3. The van der Waals surface area contributed by atoms with Crippen LogP contribution in [0.4, 0.5) is 5.69 Å². The van der Waals surface area contributed by atoms with Crippen molar-refractivity contribution < 1.29 is 18.7 Å². The SMILES string of the molecule is COc1ccc(NC(=O)c2nnc3n2C[C@H]2CN(C(=O)c4ccoc4)C[C@H]2C3)cc1. The van der Waals surface area contributed by atoms with Crippen molar-refractivity contribution in [1.29, 1.82) is 0 Å². The van der Waals surface area contributed by atoms with Crippen molar-refractivity contribution in [2.75, 3.05) is 25.5 Å². The van der Waals surface area contributed by atoms with Gasteiger partial charge in [0.1, 0.15) is 17.8 Å². The zero-order valence-corrected chi connectivity index (χ0v) is 16.4. The number of methoxy groups -OCH3 is 1. The third-order valence-electron chi connectivity index (χ3n) is 5.87. The number of nitrogens with one attached hydrogen (secondary N) is 1. The highest BCUT2D eigenvalue weighted by atomic mass is 16.5. The summed E-state index contributed by atoms with van der Waals surface area (Å²) in [6.07, 6.45) is 3.68. The van der Waals surface area contributed by atoms with Crippen LogP contribution in [-0.4, -0.2) is 51.7 Å². The first-order valence-electron chi connectivity index (χ1n) is 9.81. The molecular formula is C21H21N5O4. The first-order chi connectivity index (χ1) is 14.6. The van der Waals surface area contributed by atoms with Crippen LogP contribution in [0.15, 0.2) is 47.3 Å². The number of hydrogen-bond donors (Lipinski definition) is 1. The van der Waals surface area contributed by atoms with Gasteiger partial charge in [-0.2, -0.15) is 0 Å². The molecule has 2 aliphatic rings. The molecule has 1 saturated heterocycles. The maximum atomic E-state index is 12.8. The molecule has 9 heteroatoms. The Morgan fingerprint density at radius 1 is 1.10 bits per heavy atom. The third-order valence-corrected chi connectivity index (χ3v) is 5.87. The molecule has 0 unspecified atom stereocenters. The van der Waals surface area contributed by atoms with Crippen LogP contribution >= 0.6 is 0 Å². The number of furan rings is 1. The Morgan fingerprint density at radius 2 is 1.90 bits per heavy atom. The zero-order valence-electron chi connectivity index (χ0n) is 16.4. The highest BCUT2D eigenvalue weighted by Crippen LogP contribution is 2.33. The molecular weight excluding hydrogens is 386 g/mol. The molecule has 2 atom stereocenters. The van der Waals surface area contributed by atoms with Crippen LogP contribution in [0.25, 0.3) is 0 Å². The molecule has 0 aliphatic carbocycles. The largest absolute Gasteiger partial charge is 0.497 e. The van der Waals surface area contributed by atoms with Crippen LogP contribution < -0.4 is 10.1 Å². The number of nitrogens with zero attached hydrogens (tertiary/aromatic N) is 4. The predicted octanol–water partition coefficient (Wildman–Crippen LogP) is 2.08. The van der Waals surface area contributed by atoms with Crippen LogP contribution in [0.2, 0.25) is 0 Å². The fraction of sp³-hybridized carbons (Fsp3) is 0.333. The Labute approximate surface area is 172 Å². The van der Waals surface area contributed by atoms with E-state index in [0.717, 1.165) is 11.6 Å². The topological polar surface area (TPSA) is 102 Å². The fourth-order valence-corrected chi connectivity index (χ4v) is 4.29. The number of amides is 2. The van der Waals surface area contributed by atoms with Crippen LogP contribution in [0.1, 0.15) is 26.8 Å². The summed E-state index contributed by atoms with van der Waals surface area (Å²) >= 11 is 0. The summed E-state index contributed by atoms with van der Waals surface area (Å²) in [5, 5.41) is 11.2. The van der Waals surface area contributed by atoms with Gasteiger partial charge in [-0.3, -0.25) is 9.59 Å². The monoisotopic (exact) mass is 407 g/mol. The Balaban J connectivity index is 1.29. The average Bonchev–Trinajstić information content (AvgIpc) is 3.51. The predicted molar refractivity (Wildman–Crippen MR) is 106 cm³/mol. The first-order valence-corrected chi connectivity index (χ1v) is 9.81. The molecule has 1 fully saturated rings. The number of fused-ring (bicyclic) bond motifs is 2. The number of anilines is 1. The van der Waals surface area contributed by atoms with Gasteiger partial charge in [-0.1, -0.05) is 0 Å². The molecule has 30 heavy (non-hydrogen) atoms. The normalized spacial score (nSPS) is 19.8. The van der Waals surface area contributed by atoms with Crippen molar-refractivity contribution >= 4 is 17.5 Å². The number of benzene rings is 1. The second-order valence-corrected chi connectivity index (χ2v) is 7.68. The summed E-state index contributed by atoms with van der Waals surface area (Å²) in [5.74, 6) is 2.04. The molecule has 1 N–H and O–H groups in total. The summed E-state index contributed by atoms with van der Waals surface area (Å²) in [5.41, 5.74) is 1.22. The Bertz CT molecular complexity index is 1070. The molecule has 1 aromatic carbocycles. The quantitative estimate of drug-likeness (QED) is 0.710. The van der Waals surface area contributed by atoms with Gasteiger partial charge in [0, 0.05) is 31.7 Å². The molecule has 2 amide bonds. The average molecular weight is 407 g/mol. The second kappa shape index (κ2) is 7.33. The summed E-state index contributed by atoms with van der Waals surface area (Å²) < 4.78 is 12.1. The van der Waals surface area contributed by atoms with Crippen molar-refractivity contribution in [2.24, 2.45) is 11.8 Å².